The molecule has 0 aliphatic heterocycles. The molecule has 0 saturated carbocycles. The van der Waals surface area contributed by atoms with Crippen LogP contribution in [0.3, 0.4) is 0 Å². The number of nitrogens with one attached hydrogen (secondary N) is 1. The lowest BCUT2D eigenvalue weighted by Crippen LogP contribution is -2.07. The summed E-state index contributed by atoms with van der Waals surface area (Å²) in [5.74, 6) is 1.42. The fourth-order valence-electron chi connectivity index (χ4n) is 2.96. The quantitative estimate of drug-likeness (QED) is 0.374. The lowest BCUT2D eigenvalue weighted by molar-refractivity contribution is -0.137. The standard InChI is InChI=1S/C24H22ClF3N4O2/c1-3-17(25)5-4-15(12-29)23-31-13-21(32-23)20-7-6-19(11-22(20)33-2)34-14-18-10-16(8-9-30-18)24(26,27)28/h3-13H,14,29H2,1-2H3,(H,31,32)/b5-4-,15-12+,17-3-. The van der Waals surface area contributed by atoms with Crippen molar-refractivity contribution < 1.29 is 22.6 Å². The molecule has 2 heterocycles. The molecule has 0 amide bonds. The number of hydrogen-bond donors (Lipinski definition) is 2. The molecule has 0 unspecified atom stereocenters. The number of alkyl halides is 3. The molecule has 3 rings (SSSR count). The summed E-state index contributed by atoms with van der Waals surface area (Å²) in [7, 11) is 1.50. The van der Waals surface area contributed by atoms with E-state index in [1.165, 1.54) is 13.3 Å². The summed E-state index contributed by atoms with van der Waals surface area (Å²) in [5, 5.41) is 0.559. The summed E-state index contributed by atoms with van der Waals surface area (Å²) in [6.07, 6.45) is 4.89. The van der Waals surface area contributed by atoms with E-state index in [9.17, 15) is 13.2 Å². The maximum Gasteiger partial charge on any atom is 0.416 e. The second-order valence-electron chi connectivity index (χ2n) is 6.96. The van der Waals surface area contributed by atoms with E-state index in [1.807, 2.05) is 6.92 Å². The van der Waals surface area contributed by atoms with Gasteiger partial charge in [-0.15, -0.1) is 0 Å². The van der Waals surface area contributed by atoms with Gasteiger partial charge in [-0.2, -0.15) is 13.2 Å². The number of rotatable bonds is 8. The van der Waals surface area contributed by atoms with Gasteiger partial charge in [0.05, 0.1) is 30.3 Å². The molecule has 6 nitrogen and oxygen atoms in total. The van der Waals surface area contributed by atoms with E-state index in [4.69, 9.17) is 26.8 Å². The number of aromatic nitrogens is 3. The molecule has 2 aromatic heterocycles. The highest BCUT2D eigenvalue weighted by molar-refractivity contribution is 6.31. The largest absolute Gasteiger partial charge is 0.496 e. The topological polar surface area (TPSA) is 86.1 Å². The molecule has 0 bridgehead atoms. The van der Waals surface area contributed by atoms with Crippen molar-refractivity contribution in [1.29, 1.82) is 0 Å². The Balaban J connectivity index is 1.78. The van der Waals surface area contributed by atoms with E-state index in [2.05, 4.69) is 15.0 Å². The highest BCUT2D eigenvalue weighted by Crippen LogP contribution is 2.34. The van der Waals surface area contributed by atoms with Crippen molar-refractivity contribution >= 4 is 17.2 Å². The first-order chi connectivity index (χ1) is 16.2. The number of pyridine rings is 1. The minimum Gasteiger partial charge on any atom is -0.496 e. The van der Waals surface area contributed by atoms with Crippen LogP contribution in [0, 0.1) is 0 Å². The van der Waals surface area contributed by atoms with Crippen molar-refractivity contribution in [3.63, 3.8) is 0 Å². The summed E-state index contributed by atoms with van der Waals surface area (Å²) in [4.78, 5) is 11.5. The Morgan fingerprint density at radius 3 is 2.65 bits per heavy atom. The van der Waals surface area contributed by atoms with Crippen molar-refractivity contribution in [2.24, 2.45) is 5.73 Å². The van der Waals surface area contributed by atoms with Crippen LogP contribution in [0.1, 0.15) is 24.0 Å². The van der Waals surface area contributed by atoms with Gasteiger partial charge in [0.1, 0.15) is 23.9 Å². The highest BCUT2D eigenvalue weighted by Gasteiger charge is 2.30. The van der Waals surface area contributed by atoms with Crippen LogP contribution >= 0.6 is 11.6 Å². The Morgan fingerprint density at radius 1 is 1.18 bits per heavy atom. The van der Waals surface area contributed by atoms with E-state index < -0.39 is 11.7 Å². The van der Waals surface area contributed by atoms with Gasteiger partial charge in [0.15, 0.2) is 0 Å². The van der Waals surface area contributed by atoms with Crippen LogP contribution < -0.4 is 15.2 Å². The summed E-state index contributed by atoms with van der Waals surface area (Å²) in [6.45, 7) is 1.69. The van der Waals surface area contributed by atoms with Crippen LogP contribution in [-0.4, -0.2) is 22.1 Å². The molecule has 10 heteroatoms. The molecule has 0 fully saturated rings. The van der Waals surface area contributed by atoms with Crippen LogP contribution in [0.25, 0.3) is 16.8 Å². The van der Waals surface area contributed by atoms with Crippen molar-refractivity contribution in [2.45, 2.75) is 19.7 Å². The number of aromatic amines is 1. The molecule has 0 saturated heterocycles. The number of allylic oxidation sites excluding steroid dienone is 5. The molecule has 34 heavy (non-hydrogen) atoms. The zero-order valence-electron chi connectivity index (χ0n) is 18.4. The highest BCUT2D eigenvalue weighted by atomic mass is 35.5. The second-order valence-corrected chi connectivity index (χ2v) is 7.40. The number of hydrogen-bond acceptors (Lipinski definition) is 5. The van der Waals surface area contributed by atoms with E-state index in [1.54, 1.807) is 42.6 Å². The molecule has 0 aliphatic carbocycles. The van der Waals surface area contributed by atoms with E-state index in [0.29, 0.717) is 39.2 Å². The first-order valence-electron chi connectivity index (χ1n) is 10.1. The van der Waals surface area contributed by atoms with Gasteiger partial charge in [-0.25, -0.2) is 4.98 Å². The number of ether oxygens (including phenoxy) is 2. The number of methoxy groups -OCH3 is 1. The molecule has 1 aromatic carbocycles. The van der Waals surface area contributed by atoms with Gasteiger partial charge in [-0.05, 0) is 43.3 Å². The van der Waals surface area contributed by atoms with Crippen LogP contribution in [0.4, 0.5) is 13.2 Å². The molecular formula is C24H22ClF3N4O2. The Labute approximate surface area is 199 Å². The van der Waals surface area contributed by atoms with Crippen LogP contribution in [0.2, 0.25) is 0 Å². The van der Waals surface area contributed by atoms with Gasteiger partial charge in [-0.1, -0.05) is 17.7 Å². The summed E-state index contributed by atoms with van der Waals surface area (Å²) >= 11 is 6.00. The van der Waals surface area contributed by atoms with Crippen molar-refractivity contribution in [3.8, 4) is 22.8 Å². The predicted molar refractivity (Wildman–Crippen MR) is 125 cm³/mol. The summed E-state index contributed by atoms with van der Waals surface area (Å²) < 4.78 is 49.8. The predicted octanol–water partition coefficient (Wildman–Crippen LogP) is 6.08. The summed E-state index contributed by atoms with van der Waals surface area (Å²) in [5.41, 5.74) is 7.12. The fraction of sp³-hybridized carbons (Fsp3) is 0.167. The first-order valence-corrected chi connectivity index (χ1v) is 10.4. The van der Waals surface area contributed by atoms with Gasteiger partial charge in [-0.3, -0.25) is 4.98 Å². The number of nitrogens with zero attached hydrogens (tertiary/aromatic N) is 2. The average Bonchev–Trinajstić information content (AvgIpc) is 3.32. The molecule has 3 aromatic rings. The summed E-state index contributed by atoms with van der Waals surface area (Å²) in [6, 6.07) is 6.93. The Hall–Kier alpha value is -3.72. The average molecular weight is 491 g/mol. The lowest BCUT2D eigenvalue weighted by atomic mass is 10.1. The Kier molecular flexibility index (Phi) is 8.01. The molecule has 0 spiro atoms. The molecule has 0 aliphatic rings. The third kappa shape index (κ3) is 6.20. The zero-order valence-corrected chi connectivity index (χ0v) is 19.1. The fourth-order valence-corrected chi connectivity index (χ4v) is 3.02. The second kappa shape index (κ2) is 10.9. The van der Waals surface area contributed by atoms with Crippen LogP contribution in [0.5, 0.6) is 11.5 Å². The zero-order chi connectivity index (χ0) is 24.7. The number of H-pyrrole nitrogens is 1. The number of imidazole rings is 1. The number of nitrogens with two attached hydrogens (primary N) is 1. The van der Waals surface area contributed by atoms with Gasteiger partial charge < -0.3 is 20.2 Å². The van der Waals surface area contributed by atoms with E-state index in [0.717, 1.165) is 18.3 Å². The Morgan fingerprint density at radius 2 is 1.97 bits per heavy atom. The number of benzene rings is 1. The molecule has 0 radical (unpaired) electrons. The van der Waals surface area contributed by atoms with Gasteiger partial charge >= 0.3 is 6.18 Å². The van der Waals surface area contributed by atoms with Gasteiger partial charge in [0, 0.05) is 34.6 Å². The molecule has 3 N–H and O–H groups in total. The number of halogens is 4. The molecular weight excluding hydrogens is 469 g/mol. The van der Waals surface area contributed by atoms with E-state index >= 15 is 0 Å². The minimum atomic E-state index is -4.45. The van der Waals surface area contributed by atoms with Crippen LogP contribution in [0.15, 0.2) is 72.2 Å². The van der Waals surface area contributed by atoms with Crippen molar-refractivity contribution in [2.75, 3.05) is 7.11 Å². The minimum absolute atomic E-state index is 0.133. The SMILES string of the molecule is C/C=C(Cl)/C=C\C(=C/N)c1ncc(-c2ccc(OCc3cc(C(F)(F)F)ccn3)cc2OC)[nH]1. The Bertz CT molecular complexity index is 1230. The normalized spacial score (nSPS) is 12.9. The smallest absolute Gasteiger partial charge is 0.416 e. The van der Waals surface area contributed by atoms with Crippen LogP contribution in [-0.2, 0) is 12.8 Å². The lowest BCUT2D eigenvalue weighted by Gasteiger charge is -2.12. The maximum absolute atomic E-state index is 12.9. The monoisotopic (exact) mass is 490 g/mol. The van der Waals surface area contributed by atoms with Crippen molar-refractivity contribution in [1.82, 2.24) is 15.0 Å². The van der Waals surface area contributed by atoms with Gasteiger partial charge in [0.25, 0.3) is 0 Å². The molecule has 0 atom stereocenters. The van der Waals surface area contributed by atoms with Crippen molar-refractivity contribution in [3.05, 3.63) is 89.3 Å². The first kappa shape index (κ1) is 24.9. The maximum atomic E-state index is 12.9. The van der Waals surface area contributed by atoms with E-state index in [-0.39, 0.29) is 12.3 Å². The third-order valence-electron chi connectivity index (χ3n) is 4.72. The molecule has 178 valence electrons. The third-order valence-corrected chi connectivity index (χ3v) is 5.06. The van der Waals surface area contributed by atoms with Gasteiger partial charge in [0.2, 0.25) is 0 Å².